The molecule has 1 N–H and O–H groups in total. The van der Waals surface area contributed by atoms with Gasteiger partial charge in [-0.3, -0.25) is 9.59 Å². The lowest BCUT2D eigenvalue weighted by Gasteiger charge is -2.19. The summed E-state index contributed by atoms with van der Waals surface area (Å²) in [5, 5.41) is 3.49. The molecule has 1 unspecified atom stereocenters. The molecule has 0 saturated carbocycles. The number of aryl methyl sites for hydroxylation is 1. The Morgan fingerprint density at radius 1 is 1.12 bits per heavy atom. The fourth-order valence-electron chi connectivity index (χ4n) is 2.82. The van der Waals surface area contributed by atoms with E-state index in [0.717, 1.165) is 11.3 Å². The molecule has 0 bridgehead atoms. The Bertz CT molecular complexity index is 787. The molecule has 1 saturated heterocycles. The smallest absolute Gasteiger partial charge is 0.229 e. The number of benzene rings is 2. The molecule has 1 aliphatic heterocycles. The topological polar surface area (TPSA) is 49.4 Å². The van der Waals surface area contributed by atoms with Crippen molar-refractivity contribution in [1.29, 1.82) is 0 Å². The molecular weight excluding hydrogens is 347 g/mol. The van der Waals surface area contributed by atoms with Gasteiger partial charge in [-0.15, -0.1) is 0 Å². The molecule has 1 atom stereocenters. The van der Waals surface area contributed by atoms with Crippen LogP contribution in [0.4, 0.5) is 11.4 Å². The van der Waals surface area contributed by atoms with E-state index in [2.05, 4.69) is 5.32 Å². The number of amides is 2. The van der Waals surface area contributed by atoms with Crippen LogP contribution >= 0.6 is 23.2 Å². The average molecular weight is 363 g/mol. The number of carbonyl (C=O) groups excluding carboxylic acids is 2. The first-order valence-corrected chi connectivity index (χ1v) is 8.34. The first kappa shape index (κ1) is 16.8. The van der Waals surface area contributed by atoms with Crippen molar-refractivity contribution in [3.63, 3.8) is 0 Å². The lowest BCUT2D eigenvalue weighted by atomic mass is 10.1. The van der Waals surface area contributed by atoms with E-state index in [9.17, 15) is 9.59 Å². The van der Waals surface area contributed by atoms with E-state index in [-0.39, 0.29) is 18.2 Å². The SMILES string of the molecule is Cc1ccccc1N1CC(C(=O)Nc2c(Cl)cccc2Cl)CC1=O. The predicted octanol–water partition coefficient (Wildman–Crippen LogP) is 4.29. The highest BCUT2D eigenvalue weighted by Crippen LogP contribution is 2.32. The minimum absolute atomic E-state index is 0.0605. The van der Waals surface area contributed by atoms with Gasteiger partial charge in [0.05, 0.1) is 21.7 Å². The summed E-state index contributed by atoms with van der Waals surface area (Å²) in [4.78, 5) is 26.5. The van der Waals surface area contributed by atoms with E-state index in [1.807, 2.05) is 31.2 Å². The van der Waals surface area contributed by atoms with Crippen molar-refractivity contribution in [2.45, 2.75) is 13.3 Å². The molecule has 0 aliphatic carbocycles. The maximum Gasteiger partial charge on any atom is 0.229 e. The fourth-order valence-corrected chi connectivity index (χ4v) is 3.32. The number of hydrogen-bond acceptors (Lipinski definition) is 2. The van der Waals surface area contributed by atoms with Gasteiger partial charge in [0.15, 0.2) is 0 Å². The lowest BCUT2D eigenvalue weighted by molar-refractivity contribution is -0.122. The van der Waals surface area contributed by atoms with Crippen molar-refractivity contribution < 1.29 is 9.59 Å². The summed E-state index contributed by atoms with van der Waals surface area (Å²) < 4.78 is 0. The molecule has 1 heterocycles. The van der Waals surface area contributed by atoms with E-state index in [0.29, 0.717) is 22.3 Å². The predicted molar refractivity (Wildman–Crippen MR) is 96.7 cm³/mol. The second kappa shape index (κ2) is 6.83. The van der Waals surface area contributed by atoms with Crippen molar-refractivity contribution in [1.82, 2.24) is 0 Å². The summed E-state index contributed by atoms with van der Waals surface area (Å²) in [6, 6.07) is 12.7. The molecule has 0 spiro atoms. The maximum absolute atomic E-state index is 12.5. The molecule has 0 aromatic heterocycles. The van der Waals surface area contributed by atoms with Crippen LogP contribution in [0.5, 0.6) is 0 Å². The van der Waals surface area contributed by atoms with Crippen LogP contribution in [-0.2, 0) is 9.59 Å². The van der Waals surface area contributed by atoms with Gasteiger partial charge in [-0.1, -0.05) is 47.5 Å². The molecule has 2 amide bonds. The minimum Gasteiger partial charge on any atom is -0.323 e. The van der Waals surface area contributed by atoms with Crippen LogP contribution in [0.1, 0.15) is 12.0 Å². The third-order valence-electron chi connectivity index (χ3n) is 4.11. The number of nitrogens with zero attached hydrogens (tertiary/aromatic N) is 1. The van der Waals surface area contributed by atoms with Crippen molar-refractivity contribution in [3.05, 3.63) is 58.1 Å². The normalized spacial score (nSPS) is 17.2. The fraction of sp³-hybridized carbons (Fsp3) is 0.222. The number of carbonyl (C=O) groups is 2. The summed E-state index contributed by atoms with van der Waals surface area (Å²) in [5.74, 6) is -0.756. The molecule has 2 aromatic rings. The maximum atomic E-state index is 12.5. The van der Waals surface area contributed by atoms with Crippen molar-refractivity contribution in [2.75, 3.05) is 16.8 Å². The molecule has 0 radical (unpaired) electrons. The Morgan fingerprint density at radius 3 is 2.46 bits per heavy atom. The van der Waals surface area contributed by atoms with Gasteiger partial charge < -0.3 is 10.2 Å². The first-order chi connectivity index (χ1) is 11.5. The summed E-state index contributed by atoms with van der Waals surface area (Å²) in [7, 11) is 0. The van der Waals surface area contributed by atoms with E-state index >= 15 is 0 Å². The Hall–Kier alpha value is -2.04. The first-order valence-electron chi connectivity index (χ1n) is 7.58. The van der Waals surface area contributed by atoms with Gasteiger partial charge in [0.1, 0.15) is 0 Å². The van der Waals surface area contributed by atoms with Crippen LogP contribution < -0.4 is 10.2 Å². The van der Waals surface area contributed by atoms with Gasteiger partial charge in [0.2, 0.25) is 11.8 Å². The van der Waals surface area contributed by atoms with E-state index < -0.39 is 5.92 Å². The van der Waals surface area contributed by atoms with Crippen molar-refractivity contribution in [2.24, 2.45) is 5.92 Å². The zero-order valence-corrected chi connectivity index (χ0v) is 14.6. The van der Waals surface area contributed by atoms with Gasteiger partial charge in [-0.05, 0) is 30.7 Å². The second-order valence-corrected chi connectivity index (χ2v) is 6.59. The molecule has 3 rings (SSSR count). The Morgan fingerprint density at radius 2 is 1.79 bits per heavy atom. The van der Waals surface area contributed by atoms with Gasteiger partial charge in [0.25, 0.3) is 0 Å². The standard InChI is InChI=1S/C18H16Cl2N2O2/c1-11-5-2-3-8-15(11)22-10-12(9-16(22)23)18(24)21-17-13(19)6-4-7-14(17)20/h2-8,12H,9-10H2,1H3,(H,21,24). The van der Waals surface area contributed by atoms with Crippen LogP contribution in [0.25, 0.3) is 0 Å². The van der Waals surface area contributed by atoms with Crippen molar-refractivity contribution >= 4 is 46.4 Å². The molecule has 1 fully saturated rings. The largest absolute Gasteiger partial charge is 0.323 e. The van der Waals surface area contributed by atoms with Gasteiger partial charge in [-0.2, -0.15) is 0 Å². The van der Waals surface area contributed by atoms with Crippen LogP contribution in [0.2, 0.25) is 10.0 Å². The third kappa shape index (κ3) is 3.25. The zero-order chi connectivity index (χ0) is 17.3. The second-order valence-electron chi connectivity index (χ2n) is 5.78. The summed E-state index contributed by atoms with van der Waals surface area (Å²) in [6.45, 7) is 2.29. The number of nitrogens with one attached hydrogen (secondary N) is 1. The highest BCUT2D eigenvalue weighted by atomic mass is 35.5. The highest BCUT2D eigenvalue weighted by Gasteiger charge is 2.35. The van der Waals surface area contributed by atoms with Crippen LogP contribution in [0.15, 0.2) is 42.5 Å². The molecule has 2 aromatic carbocycles. The minimum atomic E-state index is -0.440. The molecular formula is C18H16Cl2N2O2. The zero-order valence-electron chi connectivity index (χ0n) is 13.1. The summed E-state index contributed by atoms with van der Waals surface area (Å²) in [6.07, 6.45) is 0.169. The Labute approximate surface area is 150 Å². The summed E-state index contributed by atoms with van der Waals surface area (Å²) in [5.41, 5.74) is 2.22. The number of rotatable bonds is 3. The van der Waals surface area contributed by atoms with E-state index in [1.54, 1.807) is 23.1 Å². The number of anilines is 2. The number of para-hydroxylation sites is 2. The van der Waals surface area contributed by atoms with E-state index in [4.69, 9.17) is 23.2 Å². The summed E-state index contributed by atoms with van der Waals surface area (Å²) >= 11 is 12.2. The van der Waals surface area contributed by atoms with Gasteiger partial charge in [0, 0.05) is 18.7 Å². The lowest BCUT2D eigenvalue weighted by Crippen LogP contribution is -2.28. The quantitative estimate of drug-likeness (QED) is 0.884. The molecule has 4 nitrogen and oxygen atoms in total. The van der Waals surface area contributed by atoms with Crippen LogP contribution in [0, 0.1) is 12.8 Å². The highest BCUT2D eigenvalue weighted by molar-refractivity contribution is 6.39. The third-order valence-corrected chi connectivity index (χ3v) is 4.74. The molecule has 6 heteroatoms. The Balaban J connectivity index is 1.76. The Kier molecular flexibility index (Phi) is 4.78. The van der Waals surface area contributed by atoms with Crippen LogP contribution in [0.3, 0.4) is 0 Å². The molecule has 1 aliphatic rings. The van der Waals surface area contributed by atoms with Gasteiger partial charge >= 0.3 is 0 Å². The number of hydrogen-bond donors (Lipinski definition) is 1. The van der Waals surface area contributed by atoms with Gasteiger partial charge in [-0.25, -0.2) is 0 Å². The van der Waals surface area contributed by atoms with E-state index in [1.165, 1.54) is 0 Å². The van der Waals surface area contributed by atoms with Crippen molar-refractivity contribution in [3.8, 4) is 0 Å². The van der Waals surface area contributed by atoms with Crippen LogP contribution in [-0.4, -0.2) is 18.4 Å². The molecule has 124 valence electrons. The molecule has 24 heavy (non-hydrogen) atoms. The number of halogens is 2. The monoisotopic (exact) mass is 362 g/mol. The average Bonchev–Trinajstić information content (AvgIpc) is 2.93.